The maximum atomic E-state index is 12.9. The number of amides is 1. The third kappa shape index (κ3) is 4.27. The number of hydrogen-bond donors (Lipinski definition) is 0. The number of hydrogen-bond acceptors (Lipinski definition) is 3. The summed E-state index contributed by atoms with van der Waals surface area (Å²) in [5.74, 6) is -0.282. The van der Waals surface area contributed by atoms with Gasteiger partial charge in [-0.3, -0.25) is 14.9 Å². The minimum Gasteiger partial charge on any atom is -0.331 e. The fourth-order valence-electron chi connectivity index (χ4n) is 2.91. The summed E-state index contributed by atoms with van der Waals surface area (Å²) < 4.78 is 38.1. The van der Waals surface area contributed by atoms with Crippen molar-refractivity contribution in [2.24, 2.45) is 0 Å². The lowest BCUT2D eigenvalue weighted by atomic mass is 10.1. The lowest BCUT2D eigenvalue weighted by Crippen LogP contribution is -2.32. The molecule has 0 bridgehead atoms. The molecule has 0 aliphatic heterocycles. The molecule has 1 fully saturated rings. The standard InChI is InChI=1S/C19H17F3N2O3/c1-12-10-14(4-9-17(12)24(26)27)18(25)23(16-7-8-16)11-13-2-5-15(6-3-13)19(20,21)22/h2-6,9-10,16H,7-8,11H2,1H3. The molecule has 8 heteroatoms. The summed E-state index contributed by atoms with van der Waals surface area (Å²) in [5, 5.41) is 10.9. The first-order chi connectivity index (χ1) is 12.7. The molecule has 142 valence electrons. The number of nitro benzene ring substituents is 1. The van der Waals surface area contributed by atoms with E-state index in [1.807, 2.05) is 0 Å². The summed E-state index contributed by atoms with van der Waals surface area (Å²) in [6.07, 6.45) is -2.74. The van der Waals surface area contributed by atoms with Gasteiger partial charge in [0.15, 0.2) is 0 Å². The van der Waals surface area contributed by atoms with Crippen molar-refractivity contribution >= 4 is 11.6 Å². The number of benzene rings is 2. The summed E-state index contributed by atoms with van der Waals surface area (Å²) >= 11 is 0. The Morgan fingerprint density at radius 2 is 1.81 bits per heavy atom. The molecule has 0 spiro atoms. The lowest BCUT2D eigenvalue weighted by Gasteiger charge is -2.23. The van der Waals surface area contributed by atoms with Crippen LogP contribution in [0, 0.1) is 17.0 Å². The van der Waals surface area contributed by atoms with Crippen LogP contribution in [0.15, 0.2) is 42.5 Å². The number of nitrogens with zero attached hydrogens (tertiary/aromatic N) is 2. The Hall–Kier alpha value is -2.90. The van der Waals surface area contributed by atoms with E-state index in [1.54, 1.807) is 11.8 Å². The summed E-state index contributed by atoms with van der Waals surface area (Å²) in [4.78, 5) is 24.9. The summed E-state index contributed by atoms with van der Waals surface area (Å²) in [6, 6.07) is 8.96. The van der Waals surface area contributed by atoms with Gasteiger partial charge in [-0.05, 0) is 49.6 Å². The molecule has 0 heterocycles. The van der Waals surface area contributed by atoms with Gasteiger partial charge in [-0.15, -0.1) is 0 Å². The zero-order valence-corrected chi connectivity index (χ0v) is 14.5. The van der Waals surface area contributed by atoms with E-state index in [2.05, 4.69) is 0 Å². The van der Waals surface area contributed by atoms with E-state index >= 15 is 0 Å². The van der Waals surface area contributed by atoms with Crippen LogP contribution in [0.3, 0.4) is 0 Å². The second kappa shape index (κ2) is 7.02. The molecule has 1 aliphatic carbocycles. The Labute approximate surface area is 153 Å². The Bertz CT molecular complexity index is 875. The maximum absolute atomic E-state index is 12.9. The summed E-state index contributed by atoms with van der Waals surface area (Å²) in [6.45, 7) is 1.75. The Morgan fingerprint density at radius 1 is 1.19 bits per heavy atom. The molecule has 27 heavy (non-hydrogen) atoms. The van der Waals surface area contributed by atoms with Crippen LogP contribution in [0.2, 0.25) is 0 Å². The first-order valence-electron chi connectivity index (χ1n) is 8.39. The van der Waals surface area contributed by atoms with Gasteiger partial charge in [0.05, 0.1) is 10.5 Å². The van der Waals surface area contributed by atoms with E-state index < -0.39 is 16.7 Å². The van der Waals surface area contributed by atoms with Crippen LogP contribution >= 0.6 is 0 Å². The SMILES string of the molecule is Cc1cc(C(=O)N(Cc2ccc(C(F)(F)F)cc2)C2CC2)ccc1[N+](=O)[O-]. The third-order valence-corrected chi connectivity index (χ3v) is 4.52. The van der Waals surface area contributed by atoms with Gasteiger partial charge in [0.2, 0.25) is 0 Å². The first kappa shape index (κ1) is 18.9. The van der Waals surface area contributed by atoms with Gasteiger partial charge in [0, 0.05) is 29.8 Å². The second-order valence-corrected chi connectivity index (χ2v) is 6.62. The van der Waals surface area contributed by atoms with Gasteiger partial charge in [-0.25, -0.2) is 0 Å². The number of carbonyl (C=O) groups is 1. The van der Waals surface area contributed by atoms with Crippen molar-refractivity contribution in [3.05, 3.63) is 74.8 Å². The van der Waals surface area contributed by atoms with Crippen LogP contribution in [-0.2, 0) is 12.7 Å². The van der Waals surface area contributed by atoms with E-state index in [9.17, 15) is 28.1 Å². The van der Waals surface area contributed by atoms with E-state index in [-0.39, 0.29) is 24.2 Å². The molecule has 0 unspecified atom stereocenters. The quantitative estimate of drug-likeness (QED) is 0.558. The molecule has 2 aromatic carbocycles. The molecular formula is C19H17F3N2O3. The van der Waals surface area contributed by atoms with Crippen molar-refractivity contribution in [1.82, 2.24) is 4.90 Å². The average Bonchev–Trinajstić information content (AvgIpc) is 3.43. The predicted molar refractivity (Wildman–Crippen MR) is 92.2 cm³/mol. The highest BCUT2D eigenvalue weighted by Gasteiger charge is 2.34. The number of nitro groups is 1. The molecule has 2 aromatic rings. The average molecular weight is 378 g/mol. The number of aryl methyl sites for hydroxylation is 1. The Kier molecular flexibility index (Phi) is 4.91. The zero-order valence-electron chi connectivity index (χ0n) is 14.5. The van der Waals surface area contributed by atoms with Gasteiger partial charge in [0.1, 0.15) is 0 Å². The summed E-state index contributed by atoms with van der Waals surface area (Å²) in [7, 11) is 0. The predicted octanol–water partition coefficient (Wildman–Crippen LogP) is 4.73. The van der Waals surface area contributed by atoms with E-state index in [0.29, 0.717) is 16.7 Å². The van der Waals surface area contributed by atoms with Crippen molar-refractivity contribution in [3.8, 4) is 0 Å². The van der Waals surface area contributed by atoms with Gasteiger partial charge in [-0.1, -0.05) is 12.1 Å². The van der Waals surface area contributed by atoms with Crippen molar-refractivity contribution in [2.45, 2.75) is 38.5 Å². The molecule has 3 rings (SSSR count). The molecule has 0 radical (unpaired) electrons. The number of rotatable bonds is 5. The Balaban J connectivity index is 1.81. The van der Waals surface area contributed by atoms with Crippen LogP contribution in [0.1, 0.15) is 39.9 Å². The molecule has 1 aliphatic rings. The fourth-order valence-corrected chi connectivity index (χ4v) is 2.91. The smallest absolute Gasteiger partial charge is 0.331 e. The van der Waals surface area contributed by atoms with E-state index in [0.717, 1.165) is 25.0 Å². The van der Waals surface area contributed by atoms with Crippen LogP contribution in [0.4, 0.5) is 18.9 Å². The highest BCUT2D eigenvalue weighted by molar-refractivity contribution is 5.95. The lowest BCUT2D eigenvalue weighted by molar-refractivity contribution is -0.385. The zero-order chi connectivity index (χ0) is 19.8. The molecule has 0 aromatic heterocycles. The van der Waals surface area contributed by atoms with Crippen molar-refractivity contribution < 1.29 is 22.9 Å². The summed E-state index contributed by atoms with van der Waals surface area (Å²) in [5.41, 5.74) is 0.517. The minimum atomic E-state index is -4.40. The number of halogens is 3. The molecule has 5 nitrogen and oxygen atoms in total. The first-order valence-corrected chi connectivity index (χ1v) is 8.39. The fraction of sp³-hybridized carbons (Fsp3) is 0.316. The van der Waals surface area contributed by atoms with Gasteiger partial charge < -0.3 is 4.90 Å². The largest absolute Gasteiger partial charge is 0.416 e. The minimum absolute atomic E-state index is 0.0373. The third-order valence-electron chi connectivity index (χ3n) is 4.52. The van der Waals surface area contributed by atoms with Crippen molar-refractivity contribution in [3.63, 3.8) is 0 Å². The molecule has 0 atom stereocenters. The van der Waals surface area contributed by atoms with Crippen molar-refractivity contribution in [2.75, 3.05) is 0 Å². The van der Waals surface area contributed by atoms with Crippen LogP contribution in [-0.4, -0.2) is 21.8 Å². The van der Waals surface area contributed by atoms with Gasteiger partial charge in [0.25, 0.3) is 11.6 Å². The number of alkyl halides is 3. The van der Waals surface area contributed by atoms with Crippen LogP contribution < -0.4 is 0 Å². The molecule has 0 N–H and O–H groups in total. The van der Waals surface area contributed by atoms with Crippen LogP contribution in [0.5, 0.6) is 0 Å². The highest BCUT2D eigenvalue weighted by Crippen LogP contribution is 2.32. The molecular weight excluding hydrogens is 361 g/mol. The van der Waals surface area contributed by atoms with Crippen molar-refractivity contribution in [1.29, 1.82) is 0 Å². The second-order valence-electron chi connectivity index (χ2n) is 6.62. The van der Waals surface area contributed by atoms with E-state index in [4.69, 9.17) is 0 Å². The highest BCUT2D eigenvalue weighted by atomic mass is 19.4. The van der Waals surface area contributed by atoms with E-state index in [1.165, 1.54) is 30.3 Å². The normalized spacial score (nSPS) is 14.1. The van der Waals surface area contributed by atoms with Gasteiger partial charge >= 0.3 is 6.18 Å². The van der Waals surface area contributed by atoms with Crippen LogP contribution in [0.25, 0.3) is 0 Å². The maximum Gasteiger partial charge on any atom is 0.416 e. The number of carbonyl (C=O) groups excluding carboxylic acids is 1. The van der Waals surface area contributed by atoms with Gasteiger partial charge in [-0.2, -0.15) is 13.2 Å². The molecule has 1 amide bonds. The molecule has 0 saturated heterocycles. The topological polar surface area (TPSA) is 63.5 Å². The monoisotopic (exact) mass is 378 g/mol. The molecule has 1 saturated carbocycles. The Morgan fingerprint density at radius 3 is 2.30 bits per heavy atom.